The molecule has 0 aromatic carbocycles. The first kappa shape index (κ1) is 17.1. The Morgan fingerprint density at radius 2 is 1.78 bits per heavy atom. The third-order valence-electron chi connectivity index (χ3n) is 3.11. The average Bonchev–Trinajstić information content (AvgIpc) is 2.40. The van der Waals surface area contributed by atoms with E-state index in [9.17, 15) is 0 Å². The van der Waals surface area contributed by atoms with Crippen LogP contribution in [0.5, 0.6) is 0 Å². The van der Waals surface area contributed by atoms with Crippen molar-refractivity contribution in [2.75, 3.05) is 0 Å². The van der Waals surface area contributed by atoms with Crippen LogP contribution in [0.2, 0.25) is 8.94 Å². The summed E-state index contributed by atoms with van der Waals surface area (Å²) in [6.45, 7) is 4.65. The van der Waals surface area contributed by atoms with Crippen LogP contribution in [-0.2, 0) is 0 Å². The second-order valence-corrected chi connectivity index (χ2v) is 13.9. The molecule has 0 saturated carbocycles. The molecule has 1 aliphatic carbocycles. The summed E-state index contributed by atoms with van der Waals surface area (Å²) in [5, 5.41) is 0. The van der Waals surface area contributed by atoms with E-state index < -0.39 is 0 Å². The third kappa shape index (κ3) is 8.27. The molecule has 0 heterocycles. The molecule has 0 atom stereocenters. The topological polar surface area (TPSA) is 0 Å². The van der Waals surface area contributed by atoms with Gasteiger partial charge in [-0.3, -0.25) is 0 Å². The van der Waals surface area contributed by atoms with Crippen LogP contribution in [0, 0.1) is 0 Å². The van der Waals surface area contributed by atoms with Gasteiger partial charge < -0.3 is 0 Å². The first-order valence-electron chi connectivity index (χ1n) is 7.53. The van der Waals surface area contributed by atoms with Crippen LogP contribution < -0.4 is 0 Å². The first-order chi connectivity index (χ1) is 8.86. The molecule has 0 nitrogen and oxygen atoms in total. The molecule has 0 radical (unpaired) electrons. The Hall–Kier alpha value is 1.06. The van der Waals surface area contributed by atoms with Gasteiger partial charge in [0.25, 0.3) is 0 Å². The summed E-state index contributed by atoms with van der Waals surface area (Å²) in [6.07, 6.45) is 16.4. The Bertz CT molecular complexity index is 254. The monoisotopic (exact) mass is 480 g/mol. The van der Waals surface area contributed by atoms with E-state index >= 15 is 0 Å². The molecule has 0 aromatic rings. The molecule has 0 unspecified atom stereocenters. The van der Waals surface area contributed by atoms with E-state index in [0.29, 0.717) is 0 Å². The molecule has 0 N–H and O–H groups in total. The predicted octanol–water partition coefficient (Wildman–Crippen LogP) is 5.17. The van der Waals surface area contributed by atoms with E-state index in [0.717, 1.165) is 0 Å². The van der Waals surface area contributed by atoms with Gasteiger partial charge in [0.2, 0.25) is 0 Å². The zero-order valence-corrected chi connectivity index (χ0v) is 16.7. The Morgan fingerprint density at radius 3 is 2.28 bits per heavy atom. The molecule has 2 heteroatoms. The van der Waals surface area contributed by atoms with Gasteiger partial charge >= 0.3 is 135 Å². The van der Waals surface area contributed by atoms with Gasteiger partial charge in [0.1, 0.15) is 0 Å². The van der Waals surface area contributed by atoms with Crippen molar-refractivity contribution in [3.05, 3.63) is 19.4 Å². The molecule has 1 aliphatic rings. The van der Waals surface area contributed by atoms with Crippen molar-refractivity contribution < 1.29 is 0 Å². The van der Waals surface area contributed by atoms with Crippen molar-refractivity contribution in [3.8, 4) is 0 Å². The van der Waals surface area contributed by atoms with Crippen LogP contribution in [0.3, 0.4) is 0 Å². The van der Waals surface area contributed by atoms with E-state index in [-0.39, 0.29) is 41.8 Å². The molecule has 0 spiro atoms. The van der Waals surface area contributed by atoms with Gasteiger partial charge in [0.05, 0.1) is 0 Å². The summed E-state index contributed by atoms with van der Waals surface area (Å²) in [7, 11) is 0. The molecule has 18 heavy (non-hydrogen) atoms. The summed E-state index contributed by atoms with van der Waals surface area (Å²) in [4.78, 5) is 0. The second-order valence-electron chi connectivity index (χ2n) is 4.89. The van der Waals surface area contributed by atoms with Crippen LogP contribution >= 0.6 is 0 Å². The summed E-state index contributed by atoms with van der Waals surface area (Å²) in [5.74, 6) is 0. The maximum absolute atomic E-state index is 2.66. The maximum atomic E-state index is 2.66. The second kappa shape index (κ2) is 11.9. The van der Waals surface area contributed by atoms with Gasteiger partial charge in [-0.25, -0.2) is 0 Å². The van der Waals surface area contributed by atoms with E-state index in [4.69, 9.17) is 0 Å². The van der Waals surface area contributed by atoms with E-state index in [2.05, 4.69) is 26.0 Å². The Balaban J connectivity index is 2.45. The summed E-state index contributed by atoms with van der Waals surface area (Å²) < 4.78 is 5.09. The standard InChI is InChI=1S/C16H28Te2/c1-3-5-12-17-16(18-13-6-4-2)14-15-10-8-7-9-11-15/h10,14H,3-9,11-13H2,1-2H3. The van der Waals surface area contributed by atoms with Crippen molar-refractivity contribution in [3.63, 3.8) is 0 Å². The SMILES string of the molecule is CCCC[Te]C(=CC1=CCCCC1)[Te]CCCC. The normalized spacial score (nSPS) is 15.3. The number of hydrogen-bond acceptors (Lipinski definition) is 0. The van der Waals surface area contributed by atoms with Gasteiger partial charge in [-0.15, -0.1) is 0 Å². The van der Waals surface area contributed by atoms with E-state index in [1.807, 2.05) is 1.67 Å². The van der Waals surface area contributed by atoms with Crippen LogP contribution in [0.4, 0.5) is 0 Å². The molecule has 0 bridgehead atoms. The van der Waals surface area contributed by atoms with Gasteiger partial charge in [-0.05, 0) is 0 Å². The zero-order chi connectivity index (χ0) is 13.1. The molecule has 1 rings (SSSR count). The first-order valence-corrected chi connectivity index (χ1v) is 13.2. The summed E-state index contributed by atoms with van der Waals surface area (Å²) in [5.41, 5.74) is 1.69. The number of allylic oxidation sites excluding steroid dienone is 3. The van der Waals surface area contributed by atoms with Crippen molar-refractivity contribution in [2.24, 2.45) is 0 Å². The molecule has 104 valence electrons. The zero-order valence-electron chi connectivity index (χ0n) is 12.0. The van der Waals surface area contributed by atoms with E-state index in [1.54, 1.807) is 14.5 Å². The fourth-order valence-corrected chi connectivity index (χ4v) is 11.9. The molecule has 0 aromatic heterocycles. The summed E-state index contributed by atoms with van der Waals surface area (Å²) >= 11 is 0.403. The fourth-order valence-electron chi connectivity index (χ4n) is 1.90. The minimum absolute atomic E-state index is 0.201. The van der Waals surface area contributed by atoms with Gasteiger partial charge in [-0.2, -0.15) is 0 Å². The number of unbranched alkanes of at least 4 members (excludes halogenated alkanes) is 2. The van der Waals surface area contributed by atoms with E-state index in [1.165, 1.54) is 51.4 Å². The fraction of sp³-hybridized carbons (Fsp3) is 0.750. The number of rotatable bonds is 9. The van der Waals surface area contributed by atoms with Gasteiger partial charge in [0, 0.05) is 0 Å². The molecule has 0 fully saturated rings. The predicted molar refractivity (Wildman–Crippen MR) is 85.6 cm³/mol. The summed E-state index contributed by atoms with van der Waals surface area (Å²) in [6, 6.07) is 0. The Morgan fingerprint density at radius 1 is 1.11 bits per heavy atom. The average molecular weight is 476 g/mol. The number of hydrogen-bond donors (Lipinski definition) is 0. The molecular weight excluding hydrogens is 447 g/mol. The minimum atomic E-state index is 0.201. The van der Waals surface area contributed by atoms with Crippen LogP contribution in [-0.4, -0.2) is 41.8 Å². The van der Waals surface area contributed by atoms with Crippen LogP contribution in [0.15, 0.2) is 19.4 Å². The molecule has 0 amide bonds. The van der Waals surface area contributed by atoms with Gasteiger partial charge in [0.15, 0.2) is 0 Å². The van der Waals surface area contributed by atoms with Crippen molar-refractivity contribution in [2.45, 2.75) is 74.2 Å². The van der Waals surface area contributed by atoms with Crippen molar-refractivity contribution in [1.29, 1.82) is 0 Å². The quantitative estimate of drug-likeness (QED) is 0.319. The Kier molecular flexibility index (Phi) is 11.3. The molecule has 0 aliphatic heterocycles. The Labute approximate surface area is 134 Å². The van der Waals surface area contributed by atoms with Crippen molar-refractivity contribution in [1.82, 2.24) is 0 Å². The van der Waals surface area contributed by atoms with Gasteiger partial charge in [-0.1, -0.05) is 0 Å². The molecular formula is C16H28Te2. The molecule has 0 saturated heterocycles. The third-order valence-corrected chi connectivity index (χ3v) is 12.7. The van der Waals surface area contributed by atoms with Crippen LogP contribution in [0.25, 0.3) is 0 Å². The van der Waals surface area contributed by atoms with Crippen molar-refractivity contribution >= 4 is 41.8 Å². The van der Waals surface area contributed by atoms with Crippen LogP contribution in [0.1, 0.15) is 65.2 Å².